The van der Waals surface area contributed by atoms with Crippen molar-refractivity contribution in [2.24, 2.45) is 5.92 Å². The van der Waals surface area contributed by atoms with E-state index in [1.807, 2.05) is 25.1 Å². The molecular weight excluding hydrogens is 374 g/mol. The number of nitrogens with one attached hydrogen (secondary N) is 1. The lowest BCUT2D eigenvalue weighted by atomic mass is 10.0. The van der Waals surface area contributed by atoms with E-state index < -0.39 is 0 Å². The minimum Gasteiger partial charge on any atom is -0.489 e. The summed E-state index contributed by atoms with van der Waals surface area (Å²) in [5.74, 6) is 1.55. The van der Waals surface area contributed by atoms with E-state index in [1.54, 1.807) is 12.1 Å². The molecule has 6 heteroatoms. The number of ether oxygens (including phenoxy) is 1. The Hall–Kier alpha value is -1.30. The van der Waals surface area contributed by atoms with Crippen LogP contribution in [0, 0.1) is 5.92 Å². The second kappa shape index (κ2) is 9.95. The third-order valence-electron chi connectivity index (χ3n) is 5.80. The lowest BCUT2D eigenvalue weighted by molar-refractivity contribution is 0.0760. The number of carbonyl (C=O) groups excluding carboxylic acids is 1. The molecule has 0 bridgehead atoms. The second-order valence-corrected chi connectivity index (χ2v) is 8.99. The van der Waals surface area contributed by atoms with Crippen LogP contribution in [-0.2, 0) is 0 Å². The highest BCUT2D eigenvalue weighted by atomic mass is 35.5. The number of hydrogen-bond donors (Lipinski definition) is 1. The standard InChI is InChI=1S/C22H34ClN3O2/c1-16(14-17-4-5-17)26-11-8-19(9-12-26)28-21-7-6-18(15-20(21)23)22(27)24-10-13-25(2)3/h6-7,15-17,19H,4-5,8-14H2,1-3H3,(H,24,27)/t16-/m0/s1. The van der Waals surface area contributed by atoms with Crippen molar-refractivity contribution in [3.8, 4) is 5.75 Å². The van der Waals surface area contributed by atoms with Crippen LogP contribution in [0.25, 0.3) is 0 Å². The van der Waals surface area contributed by atoms with Crippen LogP contribution in [0.2, 0.25) is 5.02 Å². The Morgan fingerprint density at radius 2 is 2.00 bits per heavy atom. The zero-order valence-electron chi connectivity index (χ0n) is 17.4. The van der Waals surface area contributed by atoms with Crippen LogP contribution in [-0.4, -0.2) is 68.1 Å². The highest BCUT2D eigenvalue weighted by molar-refractivity contribution is 6.32. The molecule has 1 aliphatic heterocycles. The van der Waals surface area contributed by atoms with Crippen molar-refractivity contribution < 1.29 is 9.53 Å². The maximum Gasteiger partial charge on any atom is 0.251 e. The lowest BCUT2D eigenvalue weighted by Gasteiger charge is -2.36. The Morgan fingerprint density at radius 1 is 1.29 bits per heavy atom. The van der Waals surface area contributed by atoms with Crippen molar-refractivity contribution in [1.82, 2.24) is 15.1 Å². The van der Waals surface area contributed by atoms with Crippen LogP contribution in [0.15, 0.2) is 18.2 Å². The highest BCUT2D eigenvalue weighted by Gasteiger charge is 2.29. The van der Waals surface area contributed by atoms with Crippen molar-refractivity contribution in [3.63, 3.8) is 0 Å². The first-order chi connectivity index (χ1) is 13.4. The van der Waals surface area contributed by atoms with Crippen LogP contribution in [0.4, 0.5) is 0 Å². The van der Waals surface area contributed by atoms with Gasteiger partial charge in [-0.15, -0.1) is 0 Å². The molecule has 1 heterocycles. The first-order valence-corrected chi connectivity index (χ1v) is 10.9. The molecule has 0 radical (unpaired) electrons. The number of hydrogen-bond acceptors (Lipinski definition) is 4. The number of nitrogens with zero attached hydrogens (tertiary/aromatic N) is 2. The van der Waals surface area contributed by atoms with Gasteiger partial charge in [0.25, 0.3) is 5.91 Å². The largest absolute Gasteiger partial charge is 0.489 e. The summed E-state index contributed by atoms with van der Waals surface area (Å²) in [6.45, 7) is 5.95. The summed E-state index contributed by atoms with van der Waals surface area (Å²) in [6, 6.07) is 6.00. The molecular formula is C22H34ClN3O2. The van der Waals surface area contributed by atoms with Crippen molar-refractivity contribution >= 4 is 17.5 Å². The number of benzene rings is 1. The molecule has 1 saturated heterocycles. The summed E-state index contributed by atoms with van der Waals surface area (Å²) in [4.78, 5) is 16.9. The molecule has 156 valence electrons. The van der Waals surface area contributed by atoms with Gasteiger partial charge in [-0.2, -0.15) is 0 Å². The fraction of sp³-hybridized carbons (Fsp3) is 0.682. The predicted molar refractivity (Wildman–Crippen MR) is 114 cm³/mol. The maximum atomic E-state index is 12.2. The van der Waals surface area contributed by atoms with E-state index in [4.69, 9.17) is 16.3 Å². The van der Waals surface area contributed by atoms with Gasteiger partial charge in [0.15, 0.2) is 0 Å². The first kappa shape index (κ1) is 21.4. The van der Waals surface area contributed by atoms with Crippen LogP contribution >= 0.6 is 11.6 Å². The number of piperidine rings is 1. The van der Waals surface area contributed by atoms with E-state index >= 15 is 0 Å². The number of rotatable bonds is 9. The van der Waals surface area contributed by atoms with Crippen LogP contribution in [0.5, 0.6) is 5.75 Å². The normalized spacial score (nSPS) is 19.6. The number of halogens is 1. The molecule has 0 unspecified atom stereocenters. The van der Waals surface area contributed by atoms with Crippen molar-refractivity contribution in [3.05, 3.63) is 28.8 Å². The summed E-state index contributed by atoms with van der Waals surface area (Å²) < 4.78 is 6.16. The first-order valence-electron chi connectivity index (χ1n) is 10.6. The number of amides is 1. The van der Waals surface area contributed by atoms with Crippen LogP contribution < -0.4 is 10.1 Å². The summed E-state index contributed by atoms with van der Waals surface area (Å²) in [6.07, 6.45) is 6.44. The summed E-state index contributed by atoms with van der Waals surface area (Å²) >= 11 is 6.40. The highest BCUT2D eigenvalue weighted by Crippen LogP contribution is 2.35. The summed E-state index contributed by atoms with van der Waals surface area (Å²) in [5, 5.41) is 3.41. The Morgan fingerprint density at radius 3 is 2.61 bits per heavy atom. The van der Waals surface area contributed by atoms with E-state index in [0.29, 0.717) is 28.9 Å². The van der Waals surface area contributed by atoms with E-state index in [2.05, 4.69) is 17.1 Å². The SMILES string of the molecule is C[C@@H](CC1CC1)N1CCC(Oc2ccc(C(=O)NCCN(C)C)cc2Cl)CC1. The molecule has 1 saturated carbocycles. The Kier molecular flexibility index (Phi) is 7.61. The van der Waals surface area contributed by atoms with Gasteiger partial charge in [-0.3, -0.25) is 4.79 Å². The van der Waals surface area contributed by atoms with E-state index in [9.17, 15) is 4.79 Å². The molecule has 1 N–H and O–H groups in total. The zero-order valence-corrected chi connectivity index (χ0v) is 18.2. The minimum atomic E-state index is -0.103. The number of carbonyl (C=O) groups is 1. The van der Waals surface area contributed by atoms with Gasteiger partial charge in [-0.25, -0.2) is 0 Å². The van der Waals surface area contributed by atoms with Gasteiger partial charge < -0.3 is 19.9 Å². The molecule has 5 nitrogen and oxygen atoms in total. The Balaban J connectivity index is 1.46. The third kappa shape index (κ3) is 6.36. The topological polar surface area (TPSA) is 44.8 Å². The molecule has 1 aromatic carbocycles. The minimum absolute atomic E-state index is 0.103. The maximum absolute atomic E-state index is 12.2. The van der Waals surface area contributed by atoms with Gasteiger partial charge in [-0.05, 0) is 64.4 Å². The fourth-order valence-electron chi connectivity index (χ4n) is 3.83. The van der Waals surface area contributed by atoms with Crippen molar-refractivity contribution in [2.45, 2.75) is 51.2 Å². The summed E-state index contributed by atoms with van der Waals surface area (Å²) in [7, 11) is 3.96. The molecule has 2 fully saturated rings. The third-order valence-corrected chi connectivity index (χ3v) is 6.10. The zero-order chi connectivity index (χ0) is 20.1. The van der Waals surface area contributed by atoms with Gasteiger partial charge >= 0.3 is 0 Å². The fourth-order valence-corrected chi connectivity index (χ4v) is 4.06. The van der Waals surface area contributed by atoms with Crippen molar-refractivity contribution in [1.29, 1.82) is 0 Å². The Bertz CT molecular complexity index is 655. The van der Waals surface area contributed by atoms with Gasteiger partial charge in [0.1, 0.15) is 11.9 Å². The van der Waals surface area contributed by atoms with Crippen LogP contribution in [0.1, 0.15) is 49.4 Å². The van der Waals surface area contributed by atoms with Gasteiger partial charge in [0.2, 0.25) is 0 Å². The molecule has 0 aromatic heterocycles. The van der Waals surface area contributed by atoms with E-state index in [1.165, 1.54) is 19.3 Å². The molecule has 1 amide bonds. The molecule has 1 aliphatic carbocycles. The predicted octanol–water partition coefficient (Wildman–Crippen LogP) is 3.66. The number of likely N-dealkylation sites (tertiary alicyclic amines) is 1. The average Bonchev–Trinajstić information content (AvgIpc) is 3.47. The molecule has 2 aliphatic rings. The Labute approximate surface area is 174 Å². The number of likely N-dealkylation sites (N-methyl/N-ethyl adjacent to an activating group) is 1. The van der Waals surface area contributed by atoms with Gasteiger partial charge in [-0.1, -0.05) is 24.4 Å². The second-order valence-electron chi connectivity index (χ2n) is 8.59. The van der Waals surface area contributed by atoms with Crippen LogP contribution in [0.3, 0.4) is 0 Å². The molecule has 28 heavy (non-hydrogen) atoms. The molecule has 1 aromatic rings. The van der Waals surface area contributed by atoms with Gasteiger partial charge in [0.05, 0.1) is 5.02 Å². The molecule has 1 atom stereocenters. The average molecular weight is 408 g/mol. The van der Waals surface area contributed by atoms with E-state index in [-0.39, 0.29) is 12.0 Å². The van der Waals surface area contributed by atoms with E-state index in [0.717, 1.165) is 38.4 Å². The van der Waals surface area contributed by atoms with Crippen molar-refractivity contribution in [2.75, 3.05) is 40.3 Å². The van der Waals surface area contributed by atoms with Gasteiger partial charge in [0, 0.05) is 37.8 Å². The molecule has 3 rings (SSSR count). The monoisotopic (exact) mass is 407 g/mol. The quantitative estimate of drug-likeness (QED) is 0.678. The lowest BCUT2D eigenvalue weighted by Crippen LogP contribution is -2.43. The summed E-state index contributed by atoms with van der Waals surface area (Å²) in [5.41, 5.74) is 0.569. The smallest absolute Gasteiger partial charge is 0.251 e. The molecule has 0 spiro atoms.